The maximum Gasteiger partial charge on any atom is 0.210 e. The van der Waals surface area contributed by atoms with Gasteiger partial charge in [-0.1, -0.05) is 0 Å². The molecule has 7 heavy (non-hydrogen) atoms. The molecular weight excluding hydrogens is 158 g/mol. The highest BCUT2D eigenvalue weighted by Crippen LogP contribution is 2.00. The lowest BCUT2D eigenvalue weighted by atomic mass is 11.0. The minimum absolute atomic E-state index is 0.472. The van der Waals surface area contributed by atoms with Gasteiger partial charge >= 0.3 is 0 Å². The van der Waals surface area contributed by atoms with Gasteiger partial charge in [-0.05, 0) is 0 Å². The van der Waals surface area contributed by atoms with Crippen molar-refractivity contribution in [3.05, 3.63) is 12.4 Å². The molecule has 0 radical (unpaired) electrons. The summed E-state index contributed by atoms with van der Waals surface area (Å²) in [4.78, 5) is 3.71. The number of halogens is 1. The molecule has 1 rings (SSSR count). The molecule has 0 aliphatic heterocycles. The fourth-order valence-corrected chi connectivity index (χ4v) is 0.497. The molecule has 0 atom stereocenters. The van der Waals surface area contributed by atoms with Crippen LogP contribution in [0.1, 0.15) is 0 Å². The summed E-state index contributed by atoms with van der Waals surface area (Å²) in [6.07, 6.45) is 3.33. The summed E-state index contributed by atoms with van der Waals surface area (Å²) in [6.45, 7) is 0. The number of aromatic nitrogens is 2. The van der Waals surface area contributed by atoms with E-state index in [1.54, 1.807) is 16.0 Å². The fourth-order valence-electron chi connectivity index (χ4n) is 0.300. The molecule has 1 aromatic rings. The molecule has 0 aliphatic rings. The quantitative estimate of drug-likeness (QED) is 0.607. The first-order valence-electron chi connectivity index (χ1n) is 1.75. The summed E-state index contributed by atoms with van der Waals surface area (Å²) in [5.74, 6) is 0.472. The van der Waals surface area contributed by atoms with E-state index in [9.17, 15) is 0 Å². The number of hydrogen-bond donors (Lipinski definition) is 1. The molecule has 0 bridgehead atoms. The van der Waals surface area contributed by atoms with E-state index in [1.807, 2.05) is 0 Å². The van der Waals surface area contributed by atoms with Crippen LogP contribution in [0.5, 0.6) is 0 Å². The molecule has 0 amide bonds. The molecule has 4 heteroatoms. The number of hydrogen-bond acceptors (Lipinski definition) is 2. The lowest BCUT2D eigenvalue weighted by Crippen LogP contribution is -1.89. The Kier molecular flexibility index (Phi) is 1.02. The molecule has 38 valence electrons. The van der Waals surface area contributed by atoms with Gasteiger partial charge in [0.15, 0.2) is 0 Å². The zero-order valence-electron chi connectivity index (χ0n) is 3.50. The molecule has 2 N–H and O–H groups in total. The molecule has 0 aliphatic carbocycles. The molecule has 1 aromatic heterocycles. The SMILES string of the molecule is Nc1nccn1Br. The normalized spacial score (nSPS) is 9.29. The Morgan fingerprint density at radius 2 is 2.57 bits per heavy atom. The van der Waals surface area contributed by atoms with Crippen LogP contribution < -0.4 is 5.73 Å². The van der Waals surface area contributed by atoms with E-state index in [2.05, 4.69) is 21.1 Å². The second-order valence-electron chi connectivity index (χ2n) is 1.10. The number of anilines is 1. The lowest BCUT2D eigenvalue weighted by Gasteiger charge is -1.84. The third-order valence-corrected chi connectivity index (χ3v) is 1.22. The lowest BCUT2D eigenvalue weighted by molar-refractivity contribution is 1.27. The van der Waals surface area contributed by atoms with Gasteiger partial charge in [0.05, 0.1) is 16.1 Å². The van der Waals surface area contributed by atoms with E-state index >= 15 is 0 Å². The second-order valence-corrected chi connectivity index (χ2v) is 1.86. The fraction of sp³-hybridized carbons (Fsp3) is 0. The number of imidazole rings is 1. The summed E-state index contributed by atoms with van der Waals surface area (Å²) in [5, 5.41) is 0. The predicted octanol–water partition coefficient (Wildman–Crippen LogP) is 0.623. The van der Waals surface area contributed by atoms with Crippen LogP contribution in [0.4, 0.5) is 5.95 Å². The Morgan fingerprint density at radius 3 is 2.71 bits per heavy atom. The molecular formula is C3H4BrN3. The average molecular weight is 162 g/mol. The van der Waals surface area contributed by atoms with Crippen molar-refractivity contribution in [2.45, 2.75) is 0 Å². The van der Waals surface area contributed by atoms with Crippen molar-refractivity contribution in [2.75, 3.05) is 5.73 Å². The number of nitrogens with two attached hydrogens (primary N) is 1. The van der Waals surface area contributed by atoms with Crippen molar-refractivity contribution >= 4 is 22.1 Å². The van der Waals surface area contributed by atoms with Crippen LogP contribution in [0.25, 0.3) is 0 Å². The average Bonchev–Trinajstić information content (AvgIpc) is 1.91. The topological polar surface area (TPSA) is 43.8 Å². The van der Waals surface area contributed by atoms with Crippen LogP contribution in [0.2, 0.25) is 0 Å². The molecule has 3 nitrogen and oxygen atoms in total. The van der Waals surface area contributed by atoms with Gasteiger partial charge in [-0.15, -0.1) is 0 Å². The maximum atomic E-state index is 5.24. The molecule has 0 unspecified atom stereocenters. The van der Waals surface area contributed by atoms with Crippen LogP contribution in [-0.2, 0) is 0 Å². The molecule has 0 aromatic carbocycles. The largest absolute Gasteiger partial charge is 0.369 e. The first-order valence-corrected chi connectivity index (χ1v) is 2.46. The molecule has 0 fully saturated rings. The second kappa shape index (κ2) is 1.54. The first kappa shape index (κ1) is 4.64. The minimum Gasteiger partial charge on any atom is -0.369 e. The van der Waals surface area contributed by atoms with Gasteiger partial charge in [0.25, 0.3) is 0 Å². The van der Waals surface area contributed by atoms with E-state index < -0.39 is 0 Å². The number of rotatable bonds is 0. The van der Waals surface area contributed by atoms with Gasteiger partial charge in [0.2, 0.25) is 5.95 Å². The van der Waals surface area contributed by atoms with E-state index in [-0.39, 0.29) is 0 Å². The summed E-state index contributed by atoms with van der Waals surface area (Å²) in [7, 11) is 0. The van der Waals surface area contributed by atoms with Gasteiger partial charge < -0.3 is 5.73 Å². The van der Waals surface area contributed by atoms with Gasteiger partial charge in [-0.3, -0.25) is 3.59 Å². The van der Waals surface area contributed by atoms with Crippen molar-refractivity contribution in [3.8, 4) is 0 Å². The van der Waals surface area contributed by atoms with Crippen molar-refractivity contribution in [1.82, 2.24) is 8.58 Å². The maximum absolute atomic E-state index is 5.24. The van der Waals surface area contributed by atoms with Gasteiger partial charge in [-0.2, -0.15) is 0 Å². The minimum atomic E-state index is 0.472. The molecule has 1 heterocycles. The van der Waals surface area contributed by atoms with E-state index in [4.69, 9.17) is 5.73 Å². The predicted molar refractivity (Wildman–Crippen MR) is 31.0 cm³/mol. The molecule has 0 saturated carbocycles. The van der Waals surface area contributed by atoms with Gasteiger partial charge in [0.1, 0.15) is 0 Å². The standard InChI is InChI=1S/C3H4BrN3/c4-7-2-1-6-3(7)5/h1-2H,(H2,5,6). The van der Waals surface area contributed by atoms with E-state index in [1.165, 1.54) is 0 Å². The first-order chi connectivity index (χ1) is 3.30. The Balaban J connectivity index is 3.12. The zero-order chi connectivity index (χ0) is 5.28. The third kappa shape index (κ3) is 0.742. The highest BCUT2D eigenvalue weighted by Gasteiger charge is 1.86. The van der Waals surface area contributed by atoms with E-state index in [0.717, 1.165) is 0 Å². The summed E-state index contributed by atoms with van der Waals surface area (Å²) in [6, 6.07) is 0. The smallest absolute Gasteiger partial charge is 0.210 e. The number of nitrogen functional groups attached to an aromatic ring is 1. The van der Waals surface area contributed by atoms with Crippen LogP contribution in [0.3, 0.4) is 0 Å². The van der Waals surface area contributed by atoms with Crippen LogP contribution >= 0.6 is 16.1 Å². The van der Waals surface area contributed by atoms with Gasteiger partial charge in [0, 0.05) is 12.4 Å². The third-order valence-electron chi connectivity index (χ3n) is 0.623. The summed E-state index contributed by atoms with van der Waals surface area (Å²) in [5.41, 5.74) is 5.24. The number of nitrogens with zero attached hydrogens (tertiary/aromatic N) is 2. The van der Waals surface area contributed by atoms with E-state index in [0.29, 0.717) is 5.95 Å². The summed E-state index contributed by atoms with van der Waals surface area (Å²) >= 11 is 3.09. The zero-order valence-corrected chi connectivity index (χ0v) is 5.09. The van der Waals surface area contributed by atoms with Gasteiger partial charge in [-0.25, -0.2) is 4.98 Å². The summed E-state index contributed by atoms with van der Waals surface area (Å²) < 4.78 is 1.56. The van der Waals surface area contributed by atoms with Crippen molar-refractivity contribution in [3.63, 3.8) is 0 Å². The van der Waals surface area contributed by atoms with Crippen molar-refractivity contribution < 1.29 is 0 Å². The Morgan fingerprint density at radius 1 is 1.86 bits per heavy atom. The van der Waals surface area contributed by atoms with Crippen LogP contribution in [0, 0.1) is 0 Å². The Hall–Kier alpha value is -0.510. The Bertz CT molecular complexity index is 142. The highest BCUT2D eigenvalue weighted by atomic mass is 79.9. The Labute approximate surface area is 49.5 Å². The molecule has 0 saturated heterocycles. The van der Waals surface area contributed by atoms with Crippen LogP contribution in [0.15, 0.2) is 12.4 Å². The highest BCUT2D eigenvalue weighted by molar-refractivity contribution is 9.08. The van der Waals surface area contributed by atoms with Crippen molar-refractivity contribution in [1.29, 1.82) is 0 Å². The monoisotopic (exact) mass is 161 g/mol. The molecule has 0 spiro atoms. The van der Waals surface area contributed by atoms with Crippen molar-refractivity contribution in [2.24, 2.45) is 0 Å². The van der Waals surface area contributed by atoms with Crippen LogP contribution in [-0.4, -0.2) is 8.58 Å².